The molecular formula is C16H17ClFNO. The van der Waals surface area contributed by atoms with Crippen molar-refractivity contribution < 1.29 is 9.13 Å². The fraction of sp³-hybridized carbons (Fsp3) is 0.250. The number of ether oxygens (including phenoxy) is 1. The maximum atomic E-state index is 13.3. The lowest BCUT2D eigenvalue weighted by atomic mass is 10.0. The molecule has 0 saturated heterocycles. The van der Waals surface area contributed by atoms with Gasteiger partial charge in [0.1, 0.15) is 17.3 Å². The average Bonchev–Trinajstić information content (AvgIpc) is 2.37. The number of hydrogen-bond donors (Lipinski definition) is 1. The van der Waals surface area contributed by atoms with Crippen LogP contribution >= 0.6 is 11.6 Å². The van der Waals surface area contributed by atoms with E-state index in [0.717, 1.165) is 12.0 Å². The van der Waals surface area contributed by atoms with Gasteiger partial charge in [-0.3, -0.25) is 0 Å². The van der Waals surface area contributed by atoms with E-state index in [2.05, 4.69) is 0 Å². The summed E-state index contributed by atoms with van der Waals surface area (Å²) in [5.74, 6) is 0.596. The highest BCUT2D eigenvalue weighted by molar-refractivity contribution is 6.30. The van der Waals surface area contributed by atoms with Crippen molar-refractivity contribution in [3.05, 3.63) is 58.4 Å². The summed E-state index contributed by atoms with van der Waals surface area (Å²) in [6.07, 6.45) is 0.821. The van der Waals surface area contributed by atoms with Gasteiger partial charge in [0.2, 0.25) is 0 Å². The van der Waals surface area contributed by atoms with Crippen LogP contribution in [0.5, 0.6) is 11.5 Å². The van der Waals surface area contributed by atoms with Crippen LogP contribution in [0.2, 0.25) is 5.02 Å². The van der Waals surface area contributed by atoms with Crippen LogP contribution in [0, 0.1) is 12.7 Å². The van der Waals surface area contributed by atoms with Gasteiger partial charge >= 0.3 is 0 Å². The van der Waals surface area contributed by atoms with Gasteiger partial charge in [-0.25, -0.2) is 4.39 Å². The highest BCUT2D eigenvalue weighted by atomic mass is 35.5. The number of aryl methyl sites for hydroxylation is 1. The summed E-state index contributed by atoms with van der Waals surface area (Å²) in [7, 11) is 0. The lowest BCUT2D eigenvalue weighted by Crippen LogP contribution is -2.18. The van der Waals surface area contributed by atoms with E-state index in [1.807, 2.05) is 32.0 Å². The van der Waals surface area contributed by atoms with E-state index >= 15 is 0 Å². The predicted molar refractivity (Wildman–Crippen MR) is 80.0 cm³/mol. The topological polar surface area (TPSA) is 35.2 Å². The van der Waals surface area contributed by atoms with Crippen molar-refractivity contribution in [3.8, 4) is 11.5 Å². The molecule has 1 atom stereocenters. The Morgan fingerprint density at radius 1 is 1.20 bits per heavy atom. The van der Waals surface area contributed by atoms with Crippen LogP contribution in [-0.2, 0) is 6.42 Å². The van der Waals surface area contributed by atoms with Gasteiger partial charge in [0.15, 0.2) is 0 Å². The van der Waals surface area contributed by atoms with Crippen molar-refractivity contribution in [2.75, 3.05) is 0 Å². The van der Waals surface area contributed by atoms with Gasteiger partial charge in [-0.1, -0.05) is 17.7 Å². The van der Waals surface area contributed by atoms with E-state index in [4.69, 9.17) is 22.1 Å². The molecule has 0 aromatic heterocycles. The molecule has 0 fully saturated rings. The quantitative estimate of drug-likeness (QED) is 0.902. The molecule has 2 N–H and O–H groups in total. The Kier molecular flexibility index (Phi) is 4.63. The minimum atomic E-state index is -0.491. The third kappa shape index (κ3) is 3.71. The molecule has 2 nitrogen and oxygen atoms in total. The Morgan fingerprint density at radius 2 is 1.85 bits per heavy atom. The van der Waals surface area contributed by atoms with Crippen molar-refractivity contribution in [2.24, 2.45) is 5.73 Å². The molecule has 0 aliphatic carbocycles. The Morgan fingerprint density at radius 3 is 2.45 bits per heavy atom. The Hall–Kier alpha value is -1.58. The second kappa shape index (κ2) is 6.25. The highest BCUT2D eigenvalue weighted by Crippen LogP contribution is 2.27. The van der Waals surface area contributed by atoms with Gasteiger partial charge in [0.05, 0.1) is 5.02 Å². The number of benzene rings is 2. The molecule has 20 heavy (non-hydrogen) atoms. The highest BCUT2D eigenvalue weighted by Gasteiger charge is 2.06. The predicted octanol–water partition coefficient (Wildman–Crippen LogP) is 4.47. The van der Waals surface area contributed by atoms with Crippen LogP contribution in [0.3, 0.4) is 0 Å². The van der Waals surface area contributed by atoms with E-state index in [9.17, 15) is 4.39 Å². The van der Waals surface area contributed by atoms with Crippen LogP contribution in [0.15, 0.2) is 36.4 Å². The second-order valence-electron chi connectivity index (χ2n) is 4.95. The summed E-state index contributed by atoms with van der Waals surface area (Å²) in [5.41, 5.74) is 8.10. The molecule has 0 spiro atoms. The molecule has 0 bridgehead atoms. The fourth-order valence-corrected chi connectivity index (χ4v) is 2.10. The molecule has 106 valence electrons. The van der Waals surface area contributed by atoms with E-state index < -0.39 is 5.82 Å². The summed E-state index contributed by atoms with van der Waals surface area (Å²) in [4.78, 5) is 0. The SMILES string of the molecule is Cc1cc(Oc2ccc(Cl)c(F)c2)ccc1CC(C)N. The largest absolute Gasteiger partial charge is 0.457 e. The van der Waals surface area contributed by atoms with Gasteiger partial charge in [0, 0.05) is 12.1 Å². The summed E-state index contributed by atoms with van der Waals surface area (Å²) in [6, 6.07) is 10.3. The number of halogens is 2. The Bertz CT molecular complexity index is 613. The van der Waals surface area contributed by atoms with Gasteiger partial charge in [0.25, 0.3) is 0 Å². The van der Waals surface area contributed by atoms with Crippen molar-refractivity contribution >= 4 is 11.6 Å². The first-order valence-corrected chi connectivity index (χ1v) is 6.81. The minimum Gasteiger partial charge on any atom is -0.457 e. The molecular weight excluding hydrogens is 277 g/mol. The van der Waals surface area contributed by atoms with Crippen LogP contribution in [0.4, 0.5) is 4.39 Å². The third-order valence-electron chi connectivity index (χ3n) is 2.98. The molecule has 2 rings (SSSR count). The average molecular weight is 294 g/mol. The van der Waals surface area contributed by atoms with E-state index in [0.29, 0.717) is 11.5 Å². The summed E-state index contributed by atoms with van der Waals surface area (Å²) < 4.78 is 19.0. The van der Waals surface area contributed by atoms with Gasteiger partial charge in [-0.05, 0) is 55.7 Å². The zero-order valence-electron chi connectivity index (χ0n) is 11.5. The maximum absolute atomic E-state index is 13.3. The standard InChI is InChI=1S/C16H17ClFNO/c1-10-7-13(4-3-12(10)8-11(2)19)20-14-5-6-15(17)16(18)9-14/h3-7,9,11H,8,19H2,1-2H3. The monoisotopic (exact) mass is 293 g/mol. The van der Waals surface area contributed by atoms with Crippen molar-refractivity contribution in [3.63, 3.8) is 0 Å². The third-order valence-corrected chi connectivity index (χ3v) is 3.29. The smallest absolute Gasteiger partial charge is 0.145 e. The first-order valence-electron chi connectivity index (χ1n) is 6.43. The van der Waals surface area contributed by atoms with Crippen LogP contribution in [0.1, 0.15) is 18.1 Å². The van der Waals surface area contributed by atoms with Crippen LogP contribution < -0.4 is 10.5 Å². The maximum Gasteiger partial charge on any atom is 0.145 e. The van der Waals surface area contributed by atoms with Gasteiger partial charge < -0.3 is 10.5 Å². The molecule has 2 aromatic rings. The second-order valence-corrected chi connectivity index (χ2v) is 5.35. The molecule has 0 aliphatic rings. The van der Waals surface area contributed by atoms with Crippen molar-refractivity contribution in [2.45, 2.75) is 26.3 Å². The van der Waals surface area contributed by atoms with E-state index in [1.165, 1.54) is 17.7 Å². The molecule has 1 unspecified atom stereocenters. The zero-order chi connectivity index (χ0) is 14.7. The number of rotatable bonds is 4. The minimum absolute atomic E-state index is 0.0841. The normalized spacial score (nSPS) is 12.2. The number of nitrogens with two attached hydrogens (primary N) is 1. The van der Waals surface area contributed by atoms with Gasteiger partial charge in [-0.15, -0.1) is 0 Å². The lowest BCUT2D eigenvalue weighted by Gasteiger charge is -2.11. The van der Waals surface area contributed by atoms with Crippen LogP contribution in [-0.4, -0.2) is 6.04 Å². The Labute approximate surface area is 123 Å². The fourth-order valence-electron chi connectivity index (χ4n) is 1.98. The van der Waals surface area contributed by atoms with E-state index in [-0.39, 0.29) is 11.1 Å². The number of hydrogen-bond acceptors (Lipinski definition) is 2. The lowest BCUT2D eigenvalue weighted by molar-refractivity contribution is 0.476. The van der Waals surface area contributed by atoms with Crippen molar-refractivity contribution in [1.29, 1.82) is 0 Å². The molecule has 4 heteroatoms. The van der Waals surface area contributed by atoms with Crippen LogP contribution in [0.25, 0.3) is 0 Å². The molecule has 0 saturated carbocycles. The molecule has 2 aromatic carbocycles. The summed E-state index contributed by atoms with van der Waals surface area (Å²) in [6.45, 7) is 3.98. The molecule has 0 heterocycles. The summed E-state index contributed by atoms with van der Waals surface area (Å²) >= 11 is 5.64. The molecule has 0 aliphatic heterocycles. The summed E-state index contributed by atoms with van der Waals surface area (Å²) in [5, 5.41) is 0.0841. The first kappa shape index (κ1) is 14.8. The Balaban J connectivity index is 2.17. The zero-order valence-corrected chi connectivity index (χ0v) is 12.2. The van der Waals surface area contributed by atoms with E-state index in [1.54, 1.807) is 6.07 Å². The van der Waals surface area contributed by atoms with Gasteiger partial charge in [-0.2, -0.15) is 0 Å². The van der Waals surface area contributed by atoms with Crippen molar-refractivity contribution in [1.82, 2.24) is 0 Å². The molecule has 0 amide bonds. The molecule has 0 radical (unpaired) electrons. The first-order chi connectivity index (χ1) is 9.45.